The van der Waals surface area contributed by atoms with Crippen LogP contribution >= 0.6 is 0 Å². The van der Waals surface area contributed by atoms with Gasteiger partial charge in [-0.25, -0.2) is 9.59 Å². The normalized spacial score (nSPS) is 12.0. The Hall–Kier alpha value is -1.92. The van der Waals surface area contributed by atoms with Crippen LogP contribution in [-0.2, 0) is 16.1 Å². The largest absolute Gasteiger partial charge is 0.466 e. The Labute approximate surface area is 98.7 Å². The van der Waals surface area contributed by atoms with Gasteiger partial charge in [-0.1, -0.05) is 20.8 Å². The van der Waals surface area contributed by atoms with E-state index in [0.717, 1.165) is 10.8 Å². The molecule has 0 bridgehead atoms. The van der Waals surface area contributed by atoms with Crippen LogP contribution in [0.25, 0.3) is 6.20 Å². The summed E-state index contributed by atoms with van der Waals surface area (Å²) in [6.07, 6.45) is 2.33. The van der Waals surface area contributed by atoms with Gasteiger partial charge in [-0.15, -0.1) is 0 Å². The number of ether oxygens (including phenoxy) is 1. The third-order valence-electron chi connectivity index (χ3n) is 1.84. The van der Waals surface area contributed by atoms with Crippen molar-refractivity contribution >= 4 is 12.2 Å². The number of tetrazole rings is 1. The van der Waals surface area contributed by atoms with E-state index in [4.69, 9.17) is 0 Å². The fraction of sp³-hybridized carbons (Fsp3) is 0.600. The van der Waals surface area contributed by atoms with Crippen molar-refractivity contribution in [3.05, 3.63) is 16.6 Å². The molecular formula is C10H16N4O3. The Bertz CT molecular complexity index is 478. The summed E-state index contributed by atoms with van der Waals surface area (Å²) < 4.78 is 6.64. The lowest BCUT2D eigenvalue weighted by atomic mass is 9.97. The van der Waals surface area contributed by atoms with E-state index >= 15 is 0 Å². The minimum atomic E-state index is -0.553. The molecule has 7 nitrogen and oxygen atoms in total. The lowest BCUT2D eigenvalue weighted by molar-refractivity contribution is -0.134. The summed E-state index contributed by atoms with van der Waals surface area (Å²) in [5, 5.41) is 7.35. The highest BCUT2D eigenvalue weighted by Gasteiger charge is 2.15. The number of aromatic nitrogens is 4. The van der Waals surface area contributed by atoms with Crippen LogP contribution in [0.15, 0.2) is 10.9 Å². The van der Waals surface area contributed by atoms with E-state index in [1.54, 1.807) is 0 Å². The smallest absolute Gasteiger partial charge is 0.367 e. The first-order valence-corrected chi connectivity index (χ1v) is 5.12. The maximum Gasteiger partial charge on any atom is 0.367 e. The molecule has 0 aliphatic rings. The Morgan fingerprint density at radius 1 is 1.41 bits per heavy atom. The zero-order valence-electron chi connectivity index (χ0n) is 10.4. The molecule has 0 saturated carbocycles. The molecule has 0 N–H and O–H groups in total. The number of carbonyl (C=O) groups is 1. The molecule has 1 aromatic heterocycles. The Morgan fingerprint density at radius 2 is 2.06 bits per heavy atom. The Kier molecular flexibility index (Phi) is 3.82. The van der Waals surface area contributed by atoms with Gasteiger partial charge in [0.05, 0.1) is 13.7 Å². The highest BCUT2D eigenvalue weighted by atomic mass is 16.5. The quantitative estimate of drug-likeness (QED) is 0.554. The predicted octanol–water partition coefficient (Wildman–Crippen LogP) is 0.130. The van der Waals surface area contributed by atoms with Gasteiger partial charge in [-0.2, -0.15) is 9.36 Å². The molecule has 0 atom stereocenters. The van der Waals surface area contributed by atoms with Gasteiger partial charge in [-0.3, -0.25) is 0 Å². The van der Waals surface area contributed by atoms with Crippen molar-refractivity contribution in [1.82, 2.24) is 19.8 Å². The third-order valence-corrected chi connectivity index (χ3v) is 1.84. The summed E-state index contributed by atoms with van der Waals surface area (Å²) in [4.78, 5) is 22.6. The zero-order chi connectivity index (χ0) is 13.1. The summed E-state index contributed by atoms with van der Waals surface area (Å²) in [5.74, 6) is -0.553. The SMILES string of the molecule is COC(=O)/C=C\n1nnn(CC(C)(C)C)c1=O. The van der Waals surface area contributed by atoms with E-state index in [2.05, 4.69) is 15.2 Å². The maximum absolute atomic E-state index is 11.7. The van der Waals surface area contributed by atoms with Crippen molar-refractivity contribution in [3.8, 4) is 0 Å². The molecule has 0 spiro atoms. The molecule has 1 rings (SSSR count). The predicted molar refractivity (Wildman–Crippen MR) is 61.1 cm³/mol. The monoisotopic (exact) mass is 240 g/mol. The first-order chi connectivity index (χ1) is 7.83. The maximum atomic E-state index is 11.7. The average Bonchev–Trinajstić information content (AvgIpc) is 2.55. The first-order valence-electron chi connectivity index (χ1n) is 5.12. The van der Waals surface area contributed by atoms with Crippen LogP contribution in [0.2, 0.25) is 0 Å². The van der Waals surface area contributed by atoms with Crippen LogP contribution in [0.5, 0.6) is 0 Å². The van der Waals surface area contributed by atoms with Crippen LogP contribution in [-0.4, -0.2) is 32.9 Å². The van der Waals surface area contributed by atoms with E-state index in [9.17, 15) is 9.59 Å². The Balaban J connectivity index is 2.89. The van der Waals surface area contributed by atoms with E-state index in [-0.39, 0.29) is 11.1 Å². The highest BCUT2D eigenvalue weighted by molar-refractivity contribution is 5.84. The van der Waals surface area contributed by atoms with Crippen molar-refractivity contribution in [2.45, 2.75) is 27.3 Å². The van der Waals surface area contributed by atoms with Crippen LogP contribution in [0.4, 0.5) is 0 Å². The van der Waals surface area contributed by atoms with E-state index < -0.39 is 5.97 Å². The lowest BCUT2D eigenvalue weighted by Gasteiger charge is -2.15. The van der Waals surface area contributed by atoms with Gasteiger partial charge < -0.3 is 4.74 Å². The highest BCUT2D eigenvalue weighted by Crippen LogP contribution is 2.13. The van der Waals surface area contributed by atoms with Gasteiger partial charge in [0.2, 0.25) is 0 Å². The number of esters is 1. The second-order valence-electron chi connectivity index (χ2n) is 4.76. The van der Waals surface area contributed by atoms with E-state index in [0.29, 0.717) is 6.54 Å². The van der Waals surface area contributed by atoms with Crippen molar-refractivity contribution < 1.29 is 9.53 Å². The molecule has 0 saturated heterocycles. The minimum absolute atomic E-state index is 0.0727. The van der Waals surface area contributed by atoms with Gasteiger partial charge >= 0.3 is 11.7 Å². The fourth-order valence-electron chi connectivity index (χ4n) is 1.13. The second-order valence-corrected chi connectivity index (χ2v) is 4.76. The molecule has 0 amide bonds. The van der Waals surface area contributed by atoms with E-state index in [1.807, 2.05) is 20.8 Å². The van der Waals surface area contributed by atoms with Crippen molar-refractivity contribution in [3.63, 3.8) is 0 Å². The Morgan fingerprint density at radius 3 is 2.59 bits per heavy atom. The molecule has 0 aliphatic heterocycles. The molecule has 1 aromatic rings. The number of rotatable bonds is 3. The molecule has 0 unspecified atom stereocenters. The number of hydrogen-bond acceptors (Lipinski definition) is 5. The van der Waals surface area contributed by atoms with Gasteiger partial charge in [0.1, 0.15) is 0 Å². The van der Waals surface area contributed by atoms with Crippen molar-refractivity contribution in [2.24, 2.45) is 5.41 Å². The minimum Gasteiger partial charge on any atom is -0.466 e. The van der Waals surface area contributed by atoms with Crippen molar-refractivity contribution in [1.29, 1.82) is 0 Å². The number of methoxy groups -OCH3 is 1. The molecule has 7 heteroatoms. The van der Waals surface area contributed by atoms with Crippen LogP contribution in [0, 0.1) is 5.41 Å². The van der Waals surface area contributed by atoms with Gasteiger partial charge in [0.25, 0.3) is 0 Å². The summed E-state index contributed by atoms with van der Waals surface area (Å²) in [5.41, 5.74) is -0.461. The number of carbonyl (C=O) groups excluding carboxylic acids is 1. The molecule has 0 fully saturated rings. The molecule has 94 valence electrons. The molecule has 1 heterocycles. The van der Waals surface area contributed by atoms with Crippen LogP contribution < -0.4 is 5.69 Å². The first kappa shape index (κ1) is 13.1. The summed E-state index contributed by atoms with van der Waals surface area (Å²) in [6.45, 7) is 6.42. The topological polar surface area (TPSA) is 79.0 Å². The van der Waals surface area contributed by atoms with Gasteiger partial charge in [0, 0.05) is 12.3 Å². The van der Waals surface area contributed by atoms with Crippen LogP contribution in [0.3, 0.4) is 0 Å². The van der Waals surface area contributed by atoms with Gasteiger partial charge in [-0.05, 0) is 15.8 Å². The zero-order valence-corrected chi connectivity index (χ0v) is 10.4. The fourth-order valence-corrected chi connectivity index (χ4v) is 1.13. The van der Waals surface area contributed by atoms with Crippen molar-refractivity contribution in [2.75, 3.05) is 7.11 Å². The number of nitrogens with zero attached hydrogens (tertiary/aromatic N) is 4. The molecule has 0 radical (unpaired) electrons. The summed E-state index contributed by atoms with van der Waals surface area (Å²) >= 11 is 0. The average molecular weight is 240 g/mol. The summed E-state index contributed by atoms with van der Waals surface area (Å²) in [7, 11) is 1.26. The second kappa shape index (κ2) is 4.94. The third kappa shape index (κ3) is 3.86. The summed E-state index contributed by atoms with van der Waals surface area (Å²) in [6, 6.07) is 0. The molecule has 17 heavy (non-hydrogen) atoms. The van der Waals surface area contributed by atoms with E-state index in [1.165, 1.54) is 18.0 Å². The van der Waals surface area contributed by atoms with Gasteiger partial charge in [0.15, 0.2) is 0 Å². The van der Waals surface area contributed by atoms with Crippen LogP contribution in [0.1, 0.15) is 20.8 Å². The molecule has 0 aliphatic carbocycles. The lowest BCUT2D eigenvalue weighted by Crippen LogP contribution is -2.28. The number of hydrogen-bond donors (Lipinski definition) is 0. The standard InChI is InChI=1S/C10H16N4O3/c1-10(2,3)7-14-9(16)13(11-12-14)6-5-8(15)17-4/h5-6H,7H2,1-4H3/b6-5-. The molecular weight excluding hydrogens is 224 g/mol. The molecule has 0 aromatic carbocycles.